The van der Waals surface area contributed by atoms with Crippen molar-refractivity contribution >= 4 is 22.5 Å². The minimum Gasteiger partial charge on any atom is -0.381 e. The summed E-state index contributed by atoms with van der Waals surface area (Å²) in [6.07, 6.45) is 3.78. The highest BCUT2D eigenvalue weighted by molar-refractivity contribution is 5.97. The standard InChI is InChI=1S/C24H27N3O/c1-17(2)18-9-11-21(12-10-18)26-22-7-5-13-27(16-22)24(28)20-14-19-6-3-4-8-23(19)25-15-20/h3-4,6,8-12,14-15,17,22,26H,5,7,13,16H2,1-2H3. The second-order valence-corrected chi connectivity index (χ2v) is 7.93. The number of anilines is 1. The molecule has 4 rings (SSSR count). The summed E-state index contributed by atoms with van der Waals surface area (Å²) in [6, 6.07) is 18.8. The fourth-order valence-electron chi connectivity index (χ4n) is 3.85. The van der Waals surface area contributed by atoms with Crippen LogP contribution in [0.25, 0.3) is 10.9 Å². The monoisotopic (exact) mass is 373 g/mol. The number of pyridine rings is 1. The first-order valence-corrected chi connectivity index (χ1v) is 10.1. The van der Waals surface area contributed by atoms with Crippen LogP contribution in [0.15, 0.2) is 60.8 Å². The molecule has 3 aromatic rings. The van der Waals surface area contributed by atoms with Crippen LogP contribution in [0.4, 0.5) is 5.69 Å². The average molecular weight is 374 g/mol. The Morgan fingerprint density at radius 1 is 1.14 bits per heavy atom. The summed E-state index contributed by atoms with van der Waals surface area (Å²) in [7, 11) is 0. The lowest BCUT2D eigenvalue weighted by Gasteiger charge is -2.33. The van der Waals surface area contributed by atoms with E-state index in [9.17, 15) is 4.79 Å². The molecule has 0 radical (unpaired) electrons. The van der Waals surface area contributed by atoms with Crippen molar-refractivity contribution in [3.8, 4) is 0 Å². The van der Waals surface area contributed by atoms with Crippen molar-refractivity contribution in [3.63, 3.8) is 0 Å². The molecule has 1 fully saturated rings. The molecule has 0 aliphatic carbocycles. The summed E-state index contributed by atoms with van der Waals surface area (Å²) in [5.74, 6) is 0.604. The molecule has 1 atom stereocenters. The Balaban J connectivity index is 1.44. The number of para-hydroxylation sites is 1. The highest BCUT2D eigenvalue weighted by Gasteiger charge is 2.24. The predicted octanol–water partition coefficient (Wildman–Crippen LogP) is 5.07. The van der Waals surface area contributed by atoms with Gasteiger partial charge in [0.2, 0.25) is 0 Å². The molecule has 144 valence electrons. The zero-order valence-corrected chi connectivity index (χ0v) is 16.6. The van der Waals surface area contributed by atoms with E-state index < -0.39 is 0 Å². The summed E-state index contributed by atoms with van der Waals surface area (Å²) >= 11 is 0. The van der Waals surface area contributed by atoms with Gasteiger partial charge in [-0.25, -0.2) is 0 Å². The van der Waals surface area contributed by atoms with Gasteiger partial charge in [0.05, 0.1) is 11.1 Å². The molecule has 28 heavy (non-hydrogen) atoms. The molecule has 1 aromatic heterocycles. The summed E-state index contributed by atoms with van der Waals surface area (Å²) in [5.41, 5.74) is 4.05. The van der Waals surface area contributed by atoms with E-state index in [0.717, 1.165) is 42.5 Å². The maximum atomic E-state index is 13.0. The lowest BCUT2D eigenvalue weighted by Crippen LogP contribution is -2.45. The minimum absolute atomic E-state index is 0.0694. The summed E-state index contributed by atoms with van der Waals surface area (Å²) in [5, 5.41) is 4.61. The van der Waals surface area contributed by atoms with Crippen molar-refractivity contribution in [1.82, 2.24) is 9.88 Å². The largest absolute Gasteiger partial charge is 0.381 e. The molecule has 2 aromatic carbocycles. The van der Waals surface area contributed by atoms with E-state index in [4.69, 9.17) is 0 Å². The van der Waals surface area contributed by atoms with E-state index in [1.54, 1.807) is 6.20 Å². The number of piperidine rings is 1. The number of nitrogens with zero attached hydrogens (tertiary/aromatic N) is 2. The summed E-state index contributed by atoms with van der Waals surface area (Å²) in [6.45, 7) is 5.93. The highest BCUT2D eigenvalue weighted by atomic mass is 16.2. The Bertz CT molecular complexity index is 965. The van der Waals surface area contributed by atoms with Crippen LogP contribution >= 0.6 is 0 Å². The van der Waals surface area contributed by atoms with Gasteiger partial charge < -0.3 is 10.2 Å². The van der Waals surface area contributed by atoms with Crippen molar-refractivity contribution in [2.24, 2.45) is 0 Å². The van der Waals surface area contributed by atoms with Gasteiger partial charge in [0.15, 0.2) is 0 Å². The van der Waals surface area contributed by atoms with Gasteiger partial charge in [-0.1, -0.05) is 44.2 Å². The Hall–Kier alpha value is -2.88. The van der Waals surface area contributed by atoms with E-state index in [1.165, 1.54) is 5.56 Å². The van der Waals surface area contributed by atoms with Crippen LogP contribution in [-0.2, 0) is 0 Å². The minimum atomic E-state index is 0.0694. The van der Waals surface area contributed by atoms with E-state index in [2.05, 4.69) is 48.4 Å². The van der Waals surface area contributed by atoms with E-state index in [-0.39, 0.29) is 11.9 Å². The fraction of sp³-hybridized carbons (Fsp3) is 0.333. The molecule has 1 aliphatic heterocycles. The topological polar surface area (TPSA) is 45.2 Å². The van der Waals surface area contributed by atoms with Crippen molar-refractivity contribution in [2.45, 2.75) is 38.6 Å². The Morgan fingerprint density at radius 2 is 1.93 bits per heavy atom. The van der Waals surface area contributed by atoms with Crippen LogP contribution in [0, 0.1) is 0 Å². The normalized spacial score (nSPS) is 17.1. The number of benzene rings is 2. The lowest BCUT2D eigenvalue weighted by atomic mass is 10.0. The van der Waals surface area contributed by atoms with Crippen molar-refractivity contribution in [3.05, 3.63) is 71.9 Å². The summed E-state index contributed by atoms with van der Waals surface area (Å²) < 4.78 is 0. The number of carbonyl (C=O) groups is 1. The van der Waals surface area contributed by atoms with E-state index in [1.807, 2.05) is 35.2 Å². The second-order valence-electron chi connectivity index (χ2n) is 7.93. The number of rotatable bonds is 4. The van der Waals surface area contributed by atoms with Crippen LogP contribution in [-0.4, -0.2) is 34.9 Å². The second kappa shape index (κ2) is 8.01. The van der Waals surface area contributed by atoms with Crippen LogP contribution in [0.3, 0.4) is 0 Å². The zero-order chi connectivity index (χ0) is 19.5. The lowest BCUT2D eigenvalue weighted by molar-refractivity contribution is 0.0714. The van der Waals surface area contributed by atoms with E-state index in [0.29, 0.717) is 11.5 Å². The molecular weight excluding hydrogens is 346 g/mol. The number of nitrogens with one attached hydrogen (secondary N) is 1. The summed E-state index contributed by atoms with van der Waals surface area (Å²) in [4.78, 5) is 19.4. The predicted molar refractivity (Wildman–Crippen MR) is 115 cm³/mol. The van der Waals surface area contributed by atoms with Gasteiger partial charge in [-0.15, -0.1) is 0 Å². The maximum Gasteiger partial charge on any atom is 0.255 e. The van der Waals surface area contributed by atoms with Crippen LogP contribution in [0.2, 0.25) is 0 Å². The van der Waals surface area contributed by atoms with Crippen LogP contribution in [0.5, 0.6) is 0 Å². The molecule has 1 unspecified atom stereocenters. The first-order chi connectivity index (χ1) is 13.6. The third kappa shape index (κ3) is 4.01. The molecule has 4 nitrogen and oxygen atoms in total. The quantitative estimate of drug-likeness (QED) is 0.694. The van der Waals surface area contributed by atoms with Gasteiger partial charge in [0.25, 0.3) is 5.91 Å². The van der Waals surface area contributed by atoms with Crippen molar-refractivity contribution < 1.29 is 4.79 Å². The number of hydrogen-bond donors (Lipinski definition) is 1. The molecule has 1 N–H and O–H groups in total. The van der Waals surface area contributed by atoms with Crippen molar-refractivity contribution in [1.29, 1.82) is 0 Å². The maximum absolute atomic E-state index is 13.0. The first kappa shape index (κ1) is 18.5. The number of amides is 1. The van der Waals surface area contributed by atoms with Gasteiger partial charge in [-0.2, -0.15) is 0 Å². The number of fused-ring (bicyclic) bond motifs is 1. The van der Waals surface area contributed by atoms with Crippen LogP contribution in [0.1, 0.15) is 48.5 Å². The molecule has 0 bridgehead atoms. The first-order valence-electron chi connectivity index (χ1n) is 10.1. The Labute approximate surface area is 166 Å². The Kier molecular flexibility index (Phi) is 5.29. The van der Waals surface area contributed by atoms with Gasteiger partial charge in [-0.3, -0.25) is 9.78 Å². The van der Waals surface area contributed by atoms with Gasteiger partial charge in [0.1, 0.15) is 0 Å². The number of hydrogen-bond acceptors (Lipinski definition) is 3. The third-order valence-electron chi connectivity index (χ3n) is 5.49. The molecule has 2 heterocycles. The fourth-order valence-corrected chi connectivity index (χ4v) is 3.85. The molecule has 4 heteroatoms. The number of carbonyl (C=O) groups excluding carboxylic acids is 1. The molecular formula is C24H27N3O. The van der Waals surface area contributed by atoms with Crippen LogP contribution < -0.4 is 5.32 Å². The molecule has 0 spiro atoms. The smallest absolute Gasteiger partial charge is 0.255 e. The number of likely N-dealkylation sites (tertiary alicyclic amines) is 1. The van der Waals surface area contributed by atoms with Gasteiger partial charge in [0, 0.05) is 36.4 Å². The Morgan fingerprint density at radius 3 is 2.71 bits per heavy atom. The van der Waals surface area contributed by atoms with E-state index >= 15 is 0 Å². The molecule has 1 amide bonds. The average Bonchev–Trinajstić information content (AvgIpc) is 2.73. The molecule has 1 saturated heterocycles. The third-order valence-corrected chi connectivity index (χ3v) is 5.49. The van der Waals surface area contributed by atoms with Gasteiger partial charge >= 0.3 is 0 Å². The number of aromatic nitrogens is 1. The molecule has 1 aliphatic rings. The highest BCUT2D eigenvalue weighted by Crippen LogP contribution is 2.21. The van der Waals surface area contributed by atoms with Crippen molar-refractivity contribution in [2.75, 3.05) is 18.4 Å². The van der Waals surface area contributed by atoms with Gasteiger partial charge in [-0.05, 0) is 48.6 Å². The SMILES string of the molecule is CC(C)c1ccc(NC2CCCN(C(=O)c3cnc4ccccc4c3)C2)cc1. The zero-order valence-electron chi connectivity index (χ0n) is 16.6. The molecule has 0 saturated carbocycles.